The van der Waals surface area contributed by atoms with Gasteiger partial charge in [-0.05, 0) is 75.4 Å². The van der Waals surface area contributed by atoms with Gasteiger partial charge in [-0.2, -0.15) is 0 Å². The van der Waals surface area contributed by atoms with E-state index in [1.807, 2.05) is 24.3 Å². The number of carbonyl (C=O) groups is 1. The molecule has 1 aliphatic heterocycles. The number of benzene rings is 2. The minimum atomic E-state index is -0.290. The summed E-state index contributed by atoms with van der Waals surface area (Å²) in [5, 5.41) is 3.97. The molecule has 0 aromatic heterocycles. The number of piperidine rings is 1. The van der Waals surface area contributed by atoms with E-state index >= 15 is 0 Å². The van der Waals surface area contributed by atoms with Crippen LogP contribution in [0.15, 0.2) is 24.3 Å². The van der Waals surface area contributed by atoms with Crippen LogP contribution in [-0.4, -0.2) is 25.1 Å². The number of carbonyl (C=O) groups excluding carboxylic acids is 1. The first-order valence-corrected chi connectivity index (χ1v) is 10.9. The normalized spacial score (nSPS) is 16.6. The lowest BCUT2D eigenvalue weighted by molar-refractivity contribution is -0.118. The van der Waals surface area contributed by atoms with E-state index in [-0.39, 0.29) is 18.3 Å². The summed E-state index contributed by atoms with van der Waals surface area (Å²) in [6, 6.07) is 8.44. The lowest BCUT2D eigenvalue weighted by Crippen LogP contribution is -2.37. The van der Waals surface area contributed by atoms with Crippen LogP contribution in [0, 0.1) is 13.8 Å². The molecule has 0 saturated carbocycles. The number of nitrogens with zero attached hydrogens (tertiary/aromatic N) is 1. The maximum absolute atomic E-state index is 12.3. The fourth-order valence-corrected chi connectivity index (χ4v) is 4.41. The molecule has 1 heterocycles. The third kappa shape index (κ3) is 4.93. The lowest BCUT2D eigenvalue weighted by atomic mass is 10.0. The van der Waals surface area contributed by atoms with Gasteiger partial charge in [0.05, 0.1) is 10.0 Å². The second kappa shape index (κ2) is 9.46. The van der Waals surface area contributed by atoms with E-state index in [4.69, 9.17) is 39.5 Å². The van der Waals surface area contributed by atoms with Crippen molar-refractivity contribution in [1.82, 2.24) is 0 Å². The van der Waals surface area contributed by atoms with Crippen molar-refractivity contribution in [2.45, 2.75) is 46.1 Å². The van der Waals surface area contributed by atoms with E-state index in [1.54, 1.807) is 13.8 Å². The number of hydrogen-bond donors (Lipinski definition) is 1. The molecule has 1 N–H and O–H groups in total. The number of rotatable bonds is 5. The Bertz CT molecular complexity index is 871. The summed E-state index contributed by atoms with van der Waals surface area (Å²) in [6.07, 6.45) is 3.71. The molecule has 1 atom stereocenters. The van der Waals surface area contributed by atoms with Gasteiger partial charge in [0.1, 0.15) is 0 Å². The lowest BCUT2D eigenvalue weighted by Gasteiger charge is -2.35. The second-order valence-electron chi connectivity index (χ2n) is 7.44. The fraction of sp³-hybridized carbons (Fsp3) is 0.409. The molecule has 1 saturated heterocycles. The molecule has 3 rings (SSSR count). The molecular formula is C22H25Cl3N2O2. The first kappa shape index (κ1) is 22.1. The Morgan fingerprint density at radius 2 is 1.69 bits per heavy atom. The highest BCUT2D eigenvalue weighted by Crippen LogP contribution is 2.42. The van der Waals surface area contributed by atoms with Crippen molar-refractivity contribution in [2.75, 3.05) is 23.4 Å². The summed E-state index contributed by atoms with van der Waals surface area (Å²) >= 11 is 18.8. The molecule has 0 aliphatic carbocycles. The zero-order chi connectivity index (χ0) is 21.1. The number of halogens is 3. The summed E-state index contributed by atoms with van der Waals surface area (Å²) < 4.78 is 5.61. The molecule has 2 aromatic carbocycles. The molecule has 7 heteroatoms. The molecule has 0 spiro atoms. The molecule has 0 unspecified atom stereocenters. The summed E-state index contributed by atoms with van der Waals surface area (Å²) in [4.78, 5) is 14.7. The highest BCUT2D eigenvalue weighted by molar-refractivity contribution is 6.42. The van der Waals surface area contributed by atoms with Crippen molar-refractivity contribution >= 4 is 52.1 Å². The van der Waals surface area contributed by atoms with Crippen molar-refractivity contribution in [2.24, 2.45) is 0 Å². The van der Waals surface area contributed by atoms with Crippen molar-refractivity contribution in [3.63, 3.8) is 0 Å². The van der Waals surface area contributed by atoms with Crippen LogP contribution in [0.4, 0.5) is 11.4 Å². The fourth-order valence-electron chi connectivity index (χ4n) is 3.59. The second-order valence-corrected chi connectivity index (χ2v) is 8.58. The van der Waals surface area contributed by atoms with Crippen molar-refractivity contribution in [3.05, 3.63) is 50.5 Å². The molecule has 2 aromatic rings. The van der Waals surface area contributed by atoms with Gasteiger partial charge in [-0.25, -0.2) is 0 Å². The number of amides is 1. The molecule has 1 amide bonds. The molecular weight excluding hydrogens is 431 g/mol. The average Bonchev–Trinajstić information content (AvgIpc) is 2.72. The molecule has 1 fully saturated rings. The average molecular weight is 456 g/mol. The standard InChI is InChI=1S/C22H25Cl3N2O2/c1-13-6-4-5-11-27(13)17-9-7-16(8-10-17)26-18(28)12-29-22-20(24)14(2)19(23)15(3)21(22)25/h7-10,13H,4-6,11-12H2,1-3H3,(H,26,28)/t13-/m1/s1. The maximum atomic E-state index is 12.3. The Morgan fingerprint density at radius 1 is 1.07 bits per heavy atom. The smallest absolute Gasteiger partial charge is 0.262 e. The largest absolute Gasteiger partial charge is 0.481 e. The topological polar surface area (TPSA) is 41.6 Å². The van der Waals surface area contributed by atoms with Crippen molar-refractivity contribution < 1.29 is 9.53 Å². The summed E-state index contributed by atoms with van der Waals surface area (Å²) in [5.41, 5.74) is 3.24. The monoisotopic (exact) mass is 454 g/mol. The maximum Gasteiger partial charge on any atom is 0.262 e. The Hall–Kier alpha value is -1.62. The zero-order valence-corrected chi connectivity index (χ0v) is 19.1. The third-order valence-electron chi connectivity index (χ3n) is 5.35. The van der Waals surface area contributed by atoms with Gasteiger partial charge in [-0.3, -0.25) is 4.79 Å². The minimum Gasteiger partial charge on any atom is -0.481 e. The molecule has 0 radical (unpaired) electrons. The summed E-state index contributed by atoms with van der Waals surface area (Å²) in [7, 11) is 0. The molecule has 29 heavy (non-hydrogen) atoms. The van der Waals surface area contributed by atoms with Gasteiger partial charge in [-0.15, -0.1) is 0 Å². The van der Waals surface area contributed by atoms with Crippen LogP contribution in [0.5, 0.6) is 5.75 Å². The van der Waals surface area contributed by atoms with Crippen molar-refractivity contribution in [3.8, 4) is 5.75 Å². The van der Waals surface area contributed by atoms with E-state index in [0.717, 1.165) is 6.54 Å². The Kier molecular flexibility index (Phi) is 7.20. The summed E-state index contributed by atoms with van der Waals surface area (Å²) in [5.74, 6) is -0.0150. The van der Waals surface area contributed by atoms with Gasteiger partial charge < -0.3 is 15.0 Å². The van der Waals surface area contributed by atoms with Gasteiger partial charge >= 0.3 is 0 Å². The van der Waals surface area contributed by atoms with Crippen LogP contribution in [0.25, 0.3) is 0 Å². The Balaban J connectivity index is 1.62. The van der Waals surface area contributed by atoms with Gasteiger partial charge in [0.25, 0.3) is 5.91 Å². The van der Waals surface area contributed by atoms with E-state index in [0.29, 0.717) is 37.9 Å². The first-order valence-electron chi connectivity index (χ1n) is 9.72. The predicted molar refractivity (Wildman–Crippen MR) is 122 cm³/mol. The van der Waals surface area contributed by atoms with Crippen LogP contribution in [0.1, 0.15) is 37.3 Å². The van der Waals surface area contributed by atoms with E-state index in [9.17, 15) is 4.79 Å². The van der Waals surface area contributed by atoms with Gasteiger partial charge in [0, 0.05) is 29.0 Å². The Labute approximate surface area is 187 Å². The SMILES string of the molecule is Cc1c(Cl)c(C)c(Cl)c(OCC(=O)Nc2ccc(N3CCCC[C@H]3C)cc2)c1Cl. The Morgan fingerprint density at radius 3 is 2.28 bits per heavy atom. The number of nitrogens with one attached hydrogen (secondary N) is 1. The molecule has 0 bridgehead atoms. The number of anilines is 2. The van der Waals surface area contributed by atoms with Crippen LogP contribution in [0.3, 0.4) is 0 Å². The quantitative estimate of drug-likeness (QED) is 0.548. The van der Waals surface area contributed by atoms with Crippen LogP contribution in [0.2, 0.25) is 15.1 Å². The zero-order valence-electron chi connectivity index (χ0n) is 16.8. The van der Waals surface area contributed by atoms with E-state index in [1.165, 1.54) is 24.9 Å². The van der Waals surface area contributed by atoms with Crippen molar-refractivity contribution in [1.29, 1.82) is 0 Å². The number of hydrogen-bond acceptors (Lipinski definition) is 3. The van der Waals surface area contributed by atoms with Gasteiger partial charge in [0.15, 0.2) is 12.4 Å². The summed E-state index contributed by atoms with van der Waals surface area (Å²) in [6.45, 7) is 6.69. The number of ether oxygens (including phenoxy) is 1. The highest BCUT2D eigenvalue weighted by atomic mass is 35.5. The van der Waals surface area contributed by atoms with Gasteiger partial charge in [-0.1, -0.05) is 34.8 Å². The molecule has 4 nitrogen and oxygen atoms in total. The van der Waals surface area contributed by atoms with Gasteiger partial charge in [0.2, 0.25) is 0 Å². The van der Waals surface area contributed by atoms with Crippen LogP contribution >= 0.6 is 34.8 Å². The van der Waals surface area contributed by atoms with E-state index < -0.39 is 0 Å². The third-order valence-corrected chi connectivity index (χ3v) is 6.83. The first-order chi connectivity index (χ1) is 13.8. The van der Waals surface area contributed by atoms with E-state index in [2.05, 4.69) is 17.1 Å². The highest BCUT2D eigenvalue weighted by Gasteiger charge is 2.20. The molecule has 156 valence electrons. The minimum absolute atomic E-state index is 0.204. The predicted octanol–water partition coefficient (Wildman–Crippen LogP) is 6.66. The van der Waals surface area contributed by atoms with Crippen LogP contribution in [-0.2, 0) is 4.79 Å². The molecule has 1 aliphatic rings. The van der Waals surface area contributed by atoms with Crippen LogP contribution < -0.4 is 15.0 Å².